The third-order valence-electron chi connectivity index (χ3n) is 3.24. The first-order chi connectivity index (χ1) is 7.99. The molecule has 2 N–H and O–H groups in total. The number of carbonyl (C=O) groups is 1. The quantitative estimate of drug-likeness (QED) is 0.788. The largest absolute Gasteiger partial charge is 0.444 e. The van der Waals surface area contributed by atoms with Crippen LogP contribution in [0.25, 0.3) is 0 Å². The molecule has 0 saturated carbocycles. The summed E-state index contributed by atoms with van der Waals surface area (Å²) in [5.41, 5.74) is 2.99. The normalized spacial score (nSPS) is 28.1. The summed E-state index contributed by atoms with van der Waals surface area (Å²) in [4.78, 5) is 13.7. The zero-order valence-corrected chi connectivity index (χ0v) is 12.0. The first kappa shape index (κ1) is 15.2. The van der Waals surface area contributed by atoms with Crippen molar-refractivity contribution in [3.63, 3.8) is 0 Å². The summed E-state index contributed by atoms with van der Waals surface area (Å²) in [7, 11) is 0. The fourth-order valence-electron chi connectivity index (χ4n) is 2.40. The van der Waals surface area contributed by atoms with E-state index in [1.54, 1.807) is 4.90 Å². The molecule has 0 aliphatic carbocycles. The van der Waals surface area contributed by atoms with Crippen molar-refractivity contribution in [3.05, 3.63) is 0 Å². The highest BCUT2D eigenvalue weighted by Crippen LogP contribution is 2.37. The first-order valence-corrected chi connectivity index (χ1v) is 6.39. The molecule has 106 valence electrons. The van der Waals surface area contributed by atoms with E-state index < -0.39 is 16.8 Å². The van der Waals surface area contributed by atoms with Gasteiger partial charge in [-0.1, -0.05) is 0 Å². The fourth-order valence-corrected chi connectivity index (χ4v) is 2.40. The van der Waals surface area contributed by atoms with E-state index in [0.29, 0.717) is 6.54 Å². The van der Waals surface area contributed by atoms with Crippen molar-refractivity contribution >= 4 is 6.09 Å². The van der Waals surface area contributed by atoms with E-state index in [1.807, 2.05) is 34.6 Å². The predicted molar refractivity (Wildman–Crippen MR) is 69.1 cm³/mol. The molecule has 1 atom stereocenters. The molecule has 1 amide bonds. The average molecular weight is 260 g/mol. The van der Waals surface area contributed by atoms with E-state index >= 15 is 0 Å². The molecule has 18 heavy (non-hydrogen) atoms. The number of alkyl halides is 1. The second kappa shape index (κ2) is 4.68. The van der Waals surface area contributed by atoms with Gasteiger partial charge in [-0.05, 0) is 34.6 Å². The Morgan fingerprint density at radius 3 is 2.39 bits per heavy atom. The number of rotatable bonds is 1. The average Bonchev–Trinajstić information content (AvgIpc) is 2.12. The third-order valence-corrected chi connectivity index (χ3v) is 3.24. The fraction of sp³-hybridized carbons (Fsp3) is 0.923. The molecule has 1 aliphatic rings. The Morgan fingerprint density at radius 1 is 1.44 bits per heavy atom. The highest BCUT2D eigenvalue weighted by atomic mass is 19.1. The van der Waals surface area contributed by atoms with Gasteiger partial charge in [0.25, 0.3) is 0 Å². The van der Waals surface area contributed by atoms with Crippen molar-refractivity contribution in [1.82, 2.24) is 4.90 Å². The smallest absolute Gasteiger partial charge is 0.410 e. The summed E-state index contributed by atoms with van der Waals surface area (Å²) < 4.78 is 19.6. The van der Waals surface area contributed by atoms with Gasteiger partial charge in [0.15, 0.2) is 0 Å². The van der Waals surface area contributed by atoms with Crippen molar-refractivity contribution in [2.24, 2.45) is 5.73 Å². The van der Waals surface area contributed by atoms with Crippen LogP contribution in [0.1, 0.15) is 47.5 Å². The van der Waals surface area contributed by atoms with Gasteiger partial charge in [0.2, 0.25) is 0 Å². The number of amides is 1. The monoisotopic (exact) mass is 260 g/mol. The van der Waals surface area contributed by atoms with Gasteiger partial charge >= 0.3 is 6.09 Å². The lowest BCUT2D eigenvalue weighted by Gasteiger charge is -2.47. The topological polar surface area (TPSA) is 55.6 Å². The van der Waals surface area contributed by atoms with Gasteiger partial charge < -0.3 is 15.4 Å². The molecule has 4 nitrogen and oxygen atoms in total. The summed E-state index contributed by atoms with van der Waals surface area (Å²) in [6, 6.07) is 0. The highest BCUT2D eigenvalue weighted by molar-refractivity contribution is 5.69. The lowest BCUT2D eigenvalue weighted by atomic mass is 9.81. The molecular formula is C13H25FN2O2. The molecule has 0 aromatic rings. The lowest BCUT2D eigenvalue weighted by Crippen LogP contribution is -2.59. The van der Waals surface area contributed by atoms with Crippen molar-refractivity contribution in [3.8, 4) is 0 Å². The zero-order valence-electron chi connectivity index (χ0n) is 12.0. The zero-order chi connectivity index (χ0) is 14.2. The summed E-state index contributed by atoms with van der Waals surface area (Å²) in [5, 5.41) is 0. The number of likely N-dealkylation sites (tertiary alicyclic amines) is 1. The molecule has 1 rings (SSSR count). The van der Waals surface area contributed by atoms with Gasteiger partial charge in [0.05, 0.1) is 0 Å². The van der Waals surface area contributed by atoms with E-state index in [0.717, 1.165) is 0 Å². The third kappa shape index (κ3) is 3.57. The number of halogens is 1. The van der Waals surface area contributed by atoms with Crippen molar-refractivity contribution in [2.45, 2.75) is 64.3 Å². The van der Waals surface area contributed by atoms with Crippen LogP contribution >= 0.6 is 0 Å². The van der Waals surface area contributed by atoms with Crippen LogP contribution in [0.2, 0.25) is 0 Å². The number of nitrogens with zero attached hydrogens (tertiary/aromatic N) is 1. The number of piperidine rings is 1. The number of hydrogen-bond donors (Lipinski definition) is 1. The minimum atomic E-state index is -1.37. The Balaban J connectivity index is 2.78. The van der Waals surface area contributed by atoms with E-state index in [-0.39, 0.29) is 25.5 Å². The molecule has 0 bridgehead atoms. The van der Waals surface area contributed by atoms with Crippen LogP contribution in [-0.2, 0) is 4.74 Å². The number of carbonyl (C=O) groups excluding carboxylic acids is 1. The van der Waals surface area contributed by atoms with Crippen molar-refractivity contribution in [1.29, 1.82) is 0 Å². The van der Waals surface area contributed by atoms with Crippen LogP contribution in [0.4, 0.5) is 9.18 Å². The summed E-state index contributed by atoms with van der Waals surface area (Å²) in [5.74, 6) is 0. The maximum atomic E-state index is 14.3. The molecule has 1 aliphatic heterocycles. The predicted octanol–water partition coefficient (Wildman–Crippen LogP) is 2.46. The standard InChI is InChI=1S/C13H25FN2O2/c1-11(2,3)18-10(17)16-7-6-13(14,9-15)8-12(16,4)5/h6-9,15H2,1-5H3. The second-order valence-corrected chi connectivity index (χ2v) is 6.73. The Labute approximate surface area is 109 Å². The van der Waals surface area contributed by atoms with Crippen LogP contribution in [0.3, 0.4) is 0 Å². The van der Waals surface area contributed by atoms with E-state index in [2.05, 4.69) is 0 Å². The van der Waals surface area contributed by atoms with Gasteiger partial charge in [-0.15, -0.1) is 0 Å². The van der Waals surface area contributed by atoms with Gasteiger partial charge in [0, 0.05) is 31.5 Å². The SMILES string of the molecule is CC(C)(C)OC(=O)N1CCC(F)(CN)CC1(C)C. The minimum Gasteiger partial charge on any atom is -0.444 e. The van der Waals surface area contributed by atoms with Crippen LogP contribution in [0.5, 0.6) is 0 Å². The number of nitrogens with two attached hydrogens (primary N) is 1. The first-order valence-electron chi connectivity index (χ1n) is 6.39. The van der Waals surface area contributed by atoms with Gasteiger partial charge in [0.1, 0.15) is 11.3 Å². The van der Waals surface area contributed by atoms with Gasteiger partial charge in [-0.25, -0.2) is 9.18 Å². The lowest BCUT2D eigenvalue weighted by molar-refractivity contribution is -0.0407. The van der Waals surface area contributed by atoms with Gasteiger partial charge in [-0.2, -0.15) is 0 Å². The highest BCUT2D eigenvalue weighted by Gasteiger charge is 2.46. The van der Waals surface area contributed by atoms with E-state index in [4.69, 9.17) is 10.5 Å². The van der Waals surface area contributed by atoms with Crippen molar-refractivity contribution < 1.29 is 13.9 Å². The number of ether oxygens (including phenoxy) is 1. The summed E-state index contributed by atoms with van der Waals surface area (Å²) in [6.07, 6.45) is 0.133. The molecular weight excluding hydrogens is 235 g/mol. The molecule has 0 aromatic carbocycles. The second-order valence-electron chi connectivity index (χ2n) is 6.73. The summed E-state index contributed by atoms with van der Waals surface area (Å²) >= 11 is 0. The molecule has 0 radical (unpaired) electrons. The maximum absolute atomic E-state index is 14.3. The minimum absolute atomic E-state index is 0.00140. The molecule has 1 unspecified atom stereocenters. The molecule has 1 fully saturated rings. The van der Waals surface area contributed by atoms with Crippen LogP contribution in [0.15, 0.2) is 0 Å². The Bertz CT molecular complexity index is 325. The molecule has 5 heteroatoms. The van der Waals surface area contributed by atoms with Crippen LogP contribution < -0.4 is 5.73 Å². The van der Waals surface area contributed by atoms with E-state index in [1.165, 1.54) is 0 Å². The Morgan fingerprint density at radius 2 is 2.00 bits per heavy atom. The Kier molecular flexibility index (Phi) is 3.96. The molecule has 0 spiro atoms. The van der Waals surface area contributed by atoms with E-state index in [9.17, 15) is 9.18 Å². The Hall–Kier alpha value is -0.840. The van der Waals surface area contributed by atoms with Gasteiger partial charge in [-0.3, -0.25) is 0 Å². The van der Waals surface area contributed by atoms with Crippen molar-refractivity contribution in [2.75, 3.05) is 13.1 Å². The molecule has 1 saturated heterocycles. The maximum Gasteiger partial charge on any atom is 0.410 e. The van der Waals surface area contributed by atoms with Crippen LogP contribution in [0, 0.1) is 0 Å². The molecule has 0 aromatic heterocycles. The van der Waals surface area contributed by atoms with Crippen LogP contribution in [-0.4, -0.2) is 40.9 Å². The summed E-state index contributed by atoms with van der Waals surface area (Å²) in [6.45, 7) is 9.50. The molecule has 1 heterocycles. The number of hydrogen-bond acceptors (Lipinski definition) is 3.